The molecule has 1 aliphatic rings. The summed E-state index contributed by atoms with van der Waals surface area (Å²) in [6.07, 6.45) is 3.40. The van der Waals surface area contributed by atoms with Gasteiger partial charge in [0.1, 0.15) is 0 Å². The van der Waals surface area contributed by atoms with Crippen LogP contribution in [0.5, 0.6) is 0 Å². The molecule has 1 fully saturated rings. The number of hydrogen-bond acceptors (Lipinski definition) is 4. The number of piperidine rings is 1. The second kappa shape index (κ2) is 5.75. The Hall–Kier alpha value is -1.68. The molecule has 0 spiro atoms. The minimum absolute atomic E-state index is 0.633. The lowest BCUT2D eigenvalue weighted by Crippen LogP contribution is -2.31. The van der Waals surface area contributed by atoms with Crippen molar-refractivity contribution in [1.29, 1.82) is 0 Å². The Labute approximate surface area is 119 Å². The zero-order valence-corrected chi connectivity index (χ0v) is 12.1. The average molecular weight is 271 g/mol. The molecule has 4 heteroatoms. The fraction of sp³-hybridized carbons (Fsp3) is 0.500. The smallest absolute Gasteiger partial charge is 0.258 e. The lowest BCUT2D eigenvalue weighted by Gasteiger charge is -2.20. The van der Waals surface area contributed by atoms with Gasteiger partial charge in [-0.1, -0.05) is 22.9 Å². The normalized spacial score (nSPS) is 19.2. The van der Waals surface area contributed by atoms with Gasteiger partial charge in [-0.15, -0.1) is 0 Å². The first-order valence-corrected chi connectivity index (χ1v) is 7.33. The van der Waals surface area contributed by atoms with E-state index in [1.54, 1.807) is 0 Å². The number of rotatable bonds is 3. The molecule has 4 nitrogen and oxygen atoms in total. The Kier molecular flexibility index (Phi) is 3.83. The summed E-state index contributed by atoms with van der Waals surface area (Å²) >= 11 is 0. The standard InChI is InChI=1S/C16H21N3O/c1-11-5-6-14(12(2)8-11)16-18-15(19-20-16)9-13-4-3-7-17-10-13/h5-6,8,13,17H,3-4,7,9-10H2,1-2H3. The SMILES string of the molecule is Cc1ccc(-c2nc(CC3CCCNC3)no2)c(C)c1. The van der Waals surface area contributed by atoms with Crippen LogP contribution in [-0.2, 0) is 6.42 Å². The molecule has 106 valence electrons. The van der Waals surface area contributed by atoms with Crippen LogP contribution >= 0.6 is 0 Å². The van der Waals surface area contributed by atoms with Gasteiger partial charge in [0.15, 0.2) is 5.82 Å². The first-order chi connectivity index (χ1) is 9.72. The first kappa shape index (κ1) is 13.3. The van der Waals surface area contributed by atoms with E-state index in [2.05, 4.69) is 47.5 Å². The molecule has 0 amide bonds. The molecular formula is C16H21N3O. The van der Waals surface area contributed by atoms with Crippen molar-refractivity contribution in [3.8, 4) is 11.5 Å². The maximum absolute atomic E-state index is 5.43. The van der Waals surface area contributed by atoms with Crippen molar-refractivity contribution in [2.24, 2.45) is 5.92 Å². The average Bonchev–Trinajstić information content (AvgIpc) is 2.88. The topological polar surface area (TPSA) is 51.0 Å². The van der Waals surface area contributed by atoms with Crippen LogP contribution in [0, 0.1) is 19.8 Å². The van der Waals surface area contributed by atoms with Gasteiger partial charge in [-0.05, 0) is 57.3 Å². The molecule has 2 heterocycles. The second-order valence-electron chi connectivity index (χ2n) is 5.75. The first-order valence-electron chi connectivity index (χ1n) is 7.33. The minimum atomic E-state index is 0.633. The minimum Gasteiger partial charge on any atom is -0.334 e. The van der Waals surface area contributed by atoms with Gasteiger partial charge in [0.05, 0.1) is 0 Å². The van der Waals surface area contributed by atoms with E-state index in [1.807, 2.05) is 0 Å². The lowest BCUT2D eigenvalue weighted by atomic mass is 9.96. The van der Waals surface area contributed by atoms with E-state index in [1.165, 1.54) is 24.0 Å². The number of aromatic nitrogens is 2. The van der Waals surface area contributed by atoms with Gasteiger partial charge in [-0.2, -0.15) is 4.98 Å². The molecule has 3 rings (SSSR count). The summed E-state index contributed by atoms with van der Waals surface area (Å²) in [5.41, 5.74) is 3.47. The molecule has 1 aliphatic heterocycles. The number of aryl methyl sites for hydroxylation is 2. The molecule has 0 bridgehead atoms. The van der Waals surface area contributed by atoms with Gasteiger partial charge < -0.3 is 9.84 Å². The second-order valence-corrected chi connectivity index (χ2v) is 5.75. The van der Waals surface area contributed by atoms with Crippen molar-refractivity contribution < 1.29 is 4.52 Å². The molecule has 0 radical (unpaired) electrons. The Morgan fingerprint density at radius 1 is 1.35 bits per heavy atom. The maximum atomic E-state index is 5.43. The predicted octanol–water partition coefficient (Wildman–Crippen LogP) is 2.90. The highest BCUT2D eigenvalue weighted by molar-refractivity contribution is 5.58. The van der Waals surface area contributed by atoms with Crippen LogP contribution in [0.15, 0.2) is 22.7 Å². The van der Waals surface area contributed by atoms with E-state index >= 15 is 0 Å². The van der Waals surface area contributed by atoms with Crippen LogP contribution in [0.3, 0.4) is 0 Å². The van der Waals surface area contributed by atoms with Gasteiger partial charge in [-0.25, -0.2) is 0 Å². The molecule has 1 atom stereocenters. The summed E-state index contributed by atoms with van der Waals surface area (Å²) in [4.78, 5) is 4.56. The van der Waals surface area contributed by atoms with Crippen molar-refractivity contribution in [3.63, 3.8) is 0 Å². The van der Waals surface area contributed by atoms with Gasteiger partial charge in [0, 0.05) is 12.0 Å². The third-order valence-corrected chi connectivity index (χ3v) is 3.95. The summed E-state index contributed by atoms with van der Waals surface area (Å²) in [6.45, 7) is 6.37. The highest BCUT2D eigenvalue weighted by Crippen LogP contribution is 2.23. The van der Waals surface area contributed by atoms with Crippen molar-refractivity contribution in [2.45, 2.75) is 33.1 Å². The molecule has 1 unspecified atom stereocenters. The van der Waals surface area contributed by atoms with Crippen molar-refractivity contribution in [1.82, 2.24) is 15.5 Å². The third kappa shape index (κ3) is 2.90. The van der Waals surface area contributed by atoms with Crippen molar-refractivity contribution in [2.75, 3.05) is 13.1 Å². The van der Waals surface area contributed by atoms with Crippen LogP contribution in [0.25, 0.3) is 11.5 Å². The van der Waals surface area contributed by atoms with Crippen LogP contribution in [0.2, 0.25) is 0 Å². The maximum Gasteiger partial charge on any atom is 0.258 e. The fourth-order valence-corrected chi connectivity index (χ4v) is 2.86. The molecular weight excluding hydrogens is 250 g/mol. The highest BCUT2D eigenvalue weighted by atomic mass is 16.5. The molecule has 20 heavy (non-hydrogen) atoms. The van der Waals surface area contributed by atoms with Crippen molar-refractivity contribution >= 4 is 0 Å². The Morgan fingerprint density at radius 3 is 3.00 bits per heavy atom. The predicted molar refractivity (Wildman–Crippen MR) is 78.5 cm³/mol. The molecule has 0 saturated carbocycles. The highest BCUT2D eigenvalue weighted by Gasteiger charge is 2.17. The number of benzene rings is 1. The van der Waals surface area contributed by atoms with E-state index in [4.69, 9.17) is 4.52 Å². The molecule has 2 aromatic rings. The number of nitrogens with one attached hydrogen (secondary N) is 1. The Balaban J connectivity index is 1.75. The Bertz CT molecular complexity index is 585. The van der Waals surface area contributed by atoms with Crippen molar-refractivity contribution in [3.05, 3.63) is 35.2 Å². The van der Waals surface area contributed by atoms with Crippen LogP contribution in [0.4, 0.5) is 0 Å². The van der Waals surface area contributed by atoms with Gasteiger partial charge >= 0.3 is 0 Å². The summed E-state index contributed by atoms with van der Waals surface area (Å²) in [5, 5.41) is 7.56. The van der Waals surface area contributed by atoms with E-state index < -0.39 is 0 Å². The third-order valence-electron chi connectivity index (χ3n) is 3.95. The zero-order chi connectivity index (χ0) is 13.9. The van der Waals surface area contributed by atoms with Crippen LogP contribution in [0.1, 0.15) is 29.8 Å². The summed E-state index contributed by atoms with van der Waals surface area (Å²) < 4.78 is 5.43. The molecule has 0 aliphatic carbocycles. The molecule has 1 saturated heterocycles. The van der Waals surface area contributed by atoms with E-state index in [0.29, 0.717) is 11.8 Å². The monoisotopic (exact) mass is 271 g/mol. The van der Waals surface area contributed by atoms with E-state index in [9.17, 15) is 0 Å². The molecule has 1 N–H and O–H groups in total. The molecule has 1 aromatic heterocycles. The van der Waals surface area contributed by atoms with E-state index in [0.717, 1.165) is 30.9 Å². The number of nitrogens with zero attached hydrogens (tertiary/aromatic N) is 2. The number of hydrogen-bond donors (Lipinski definition) is 1. The quantitative estimate of drug-likeness (QED) is 0.932. The van der Waals surface area contributed by atoms with Gasteiger partial charge in [0.25, 0.3) is 5.89 Å². The van der Waals surface area contributed by atoms with Gasteiger partial charge in [-0.3, -0.25) is 0 Å². The summed E-state index contributed by atoms with van der Waals surface area (Å²) in [5.74, 6) is 2.10. The summed E-state index contributed by atoms with van der Waals surface area (Å²) in [7, 11) is 0. The largest absolute Gasteiger partial charge is 0.334 e. The lowest BCUT2D eigenvalue weighted by molar-refractivity contribution is 0.360. The zero-order valence-electron chi connectivity index (χ0n) is 12.1. The summed E-state index contributed by atoms with van der Waals surface area (Å²) in [6, 6.07) is 6.28. The Morgan fingerprint density at radius 2 is 2.25 bits per heavy atom. The fourth-order valence-electron chi connectivity index (χ4n) is 2.86. The van der Waals surface area contributed by atoms with E-state index in [-0.39, 0.29) is 0 Å². The molecule has 1 aromatic carbocycles. The van der Waals surface area contributed by atoms with Gasteiger partial charge in [0.2, 0.25) is 0 Å². The van der Waals surface area contributed by atoms with Crippen LogP contribution < -0.4 is 5.32 Å². The van der Waals surface area contributed by atoms with Crippen LogP contribution in [-0.4, -0.2) is 23.2 Å².